The summed E-state index contributed by atoms with van der Waals surface area (Å²) in [4.78, 5) is 10.4. The van der Waals surface area contributed by atoms with Crippen LogP contribution in [0.2, 0.25) is 0 Å². The smallest absolute Gasteiger partial charge is 0.323 e. The average molecular weight is 271 g/mol. The number of aryl methyl sites for hydroxylation is 1. The van der Waals surface area contributed by atoms with Gasteiger partial charge in [0.05, 0.1) is 0 Å². The van der Waals surface area contributed by atoms with Gasteiger partial charge in [0.25, 0.3) is 0 Å². The summed E-state index contributed by atoms with van der Waals surface area (Å²) in [7, 11) is 0. The van der Waals surface area contributed by atoms with Crippen molar-refractivity contribution in [3.8, 4) is 0 Å². The number of carboxylic acid groups (broad SMARTS) is 1. The number of carboxylic acids is 1. The van der Waals surface area contributed by atoms with Gasteiger partial charge in [-0.15, -0.1) is 0 Å². The van der Waals surface area contributed by atoms with Crippen LogP contribution in [0.3, 0.4) is 0 Å². The van der Waals surface area contributed by atoms with Crippen molar-refractivity contribution in [1.82, 2.24) is 4.57 Å². The van der Waals surface area contributed by atoms with E-state index in [1.165, 1.54) is 6.42 Å². The zero-order valence-corrected chi connectivity index (χ0v) is 12.7. The number of nitrogens with zero attached hydrogens (tertiary/aromatic N) is 1. The molecule has 0 saturated heterocycles. The highest BCUT2D eigenvalue weighted by Crippen LogP contribution is 2.05. The lowest BCUT2D eigenvalue weighted by Gasteiger charge is -1.97. The summed E-state index contributed by atoms with van der Waals surface area (Å²) in [6.07, 6.45) is 7.48. The molecule has 0 atom stereocenters. The topological polar surface area (TPSA) is 62.5 Å². The molecule has 1 rings (SSSR count). The van der Waals surface area contributed by atoms with Gasteiger partial charge >= 0.3 is 5.97 Å². The van der Waals surface area contributed by atoms with Crippen LogP contribution >= 0.6 is 0 Å². The van der Waals surface area contributed by atoms with Crippen LogP contribution in [0, 0.1) is 0 Å². The van der Waals surface area contributed by atoms with E-state index in [-0.39, 0.29) is 13.2 Å². The summed E-state index contributed by atoms with van der Waals surface area (Å²) in [6.45, 7) is 8.48. The molecule has 4 heteroatoms. The number of aromatic nitrogens is 1. The van der Waals surface area contributed by atoms with Crippen LogP contribution in [-0.4, -0.2) is 27.4 Å². The second kappa shape index (κ2) is 14.8. The highest BCUT2D eigenvalue weighted by Gasteiger charge is 2.00. The summed E-state index contributed by atoms with van der Waals surface area (Å²) < 4.78 is 1.65. The Morgan fingerprint density at radius 1 is 1.26 bits per heavy atom. The fourth-order valence-corrected chi connectivity index (χ4v) is 1.33. The lowest BCUT2D eigenvalue weighted by atomic mass is 10.1. The summed E-state index contributed by atoms with van der Waals surface area (Å²) >= 11 is 0. The standard InChI is InChI=1S/C10H15NO3.C3H8.C2H6/c12-6-2-1-3-9-4-5-11(7-9)8-10(13)14;1-3-2;1-2/h4-5,7,12H,1-3,6,8H2,(H,13,14);3H2,1-2H3;1-2H3. The van der Waals surface area contributed by atoms with Gasteiger partial charge in [-0.25, -0.2) is 0 Å². The Hall–Kier alpha value is -1.29. The van der Waals surface area contributed by atoms with Gasteiger partial charge in [0.15, 0.2) is 0 Å². The minimum absolute atomic E-state index is 0.0139. The third-order valence-corrected chi connectivity index (χ3v) is 2.00. The van der Waals surface area contributed by atoms with Crippen molar-refractivity contribution in [2.24, 2.45) is 0 Å². The first kappa shape index (κ1) is 20.0. The van der Waals surface area contributed by atoms with Gasteiger partial charge in [-0.3, -0.25) is 4.79 Å². The molecule has 0 aliphatic heterocycles. The molecule has 4 nitrogen and oxygen atoms in total. The Bertz CT molecular complexity index is 308. The van der Waals surface area contributed by atoms with Crippen LogP contribution in [0.1, 0.15) is 52.5 Å². The van der Waals surface area contributed by atoms with Crippen LogP contribution in [0.25, 0.3) is 0 Å². The van der Waals surface area contributed by atoms with Crippen LogP contribution < -0.4 is 0 Å². The molecular formula is C15H29NO3. The predicted molar refractivity (Wildman–Crippen MR) is 79.4 cm³/mol. The van der Waals surface area contributed by atoms with Crippen molar-refractivity contribution in [2.75, 3.05) is 6.61 Å². The molecule has 1 aromatic rings. The lowest BCUT2D eigenvalue weighted by Crippen LogP contribution is -2.06. The normalized spacial score (nSPS) is 8.89. The van der Waals surface area contributed by atoms with Crippen molar-refractivity contribution in [1.29, 1.82) is 0 Å². The molecule has 19 heavy (non-hydrogen) atoms. The van der Waals surface area contributed by atoms with E-state index < -0.39 is 5.97 Å². The third kappa shape index (κ3) is 12.9. The molecule has 112 valence electrons. The van der Waals surface area contributed by atoms with E-state index >= 15 is 0 Å². The van der Waals surface area contributed by atoms with Gasteiger partial charge in [0.2, 0.25) is 0 Å². The molecular weight excluding hydrogens is 242 g/mol. The molecule has 0 bridgehead atoms. The molecule has 0 aliphatic rings. The molecule has 2 N–H and O–H groups in total. The quantitative estimate of drug-likeness (QED) is 0.780. The number of aliphatic hydroxyl groups excluding tert-OH is 1. The van der Waals surface area contributed by atoms with E-state index in [1.807, 2.05) is 26.1 Å². The summed E-state index contributed by atoms with van der Waals surface area (Å²) in [5.74, 6) is -0.831. The first-order chi connectivity index (χ1) is 9.13. The van der Waals surface area contributed by atoms with Crippen LogP contribution in [0.15, 0.2) is 18.5 Å². The fourth-order valence-electron chi connectivity index (χ4n) is 1.33. The molecule has 0 saturated carbocycles. The molecule has 0 spiro atoms. The monoisotopic (exact) mass is 271 g/mol. The van der Waals surface area contributed by atoms with Gasteiger partial charge < -0.3 is 14.8 Å². The Balaban J connectivity index is 0. The van der Waals surface area contributed by atoms with E-state index in [2.05, 4.69) is 13.8 Å². The molecule has 0 unspecified atom stereocenters. The first-order valence-corrected chi connectivity index (χ1v) is 7.11. The first-order valence-electron chi connectivity index (χ1n) is 7.11. The highest BCUT2D eigenvalue weighted by atomic mass is 16.4. The number of rotatable bonds is 6. The zero-order valence-electron chi connectivity index (χ0n) is 12.7. The number of hydrogen-bond acceptors (Lipinski definition) is 2. The third-order valence-electron chi connectivity index (χ3n) is 2.00. The molecule has 0 aromatic carbocycles. The van der Waals surface area contributed by atoms with Gasteiger partial charge in [0, 0.05) is 19.0 Å². The number of unbranched alkanes of at least 4 members (excludes halogenated alkanes) is 1. The molecule has 0 fully saturated rings. The van der Waals surface area contributed by atoms with Gasteiger partial charge in [0.1, 0.15) is 6.54 Å². The van der Waals surface area contributed by atoms with Crippen molar-refractivity contribution in [2.45, 2.75) is 59.9 Å². The average Bonchev–Trinajstić information content (AvgIpc) is 2.80. The second-order valence-electron chi connectivity index (χ2n) is 3.97. The van der Waals surface area contributed by atoms with E-state index in [0.717, 1.165) is 24.8 Å². The maximum Gasteiger partial charge on any atom is 0.323 e. The van der Waals surface area contributed by atoms with E-state index in [1.54, 1.807) is 10.8 Å². The number of aliphatic carboxylic acids is 1. The van der Waals surface area contributed by atoms with E-state index in [4.69, 9.17) is 10.2 Å². The Kier molecular flexibility index (Phi) is 15.6. The van der Waals surface area contributed by atoms with Gasteiger partial charge in [-0.1, -0.05) is 34.1 Å². The summed E-state index contributed by atoms with van der Waals surface area (Å²) in [5, 5.41) is 17.1. The Morgan fingerprint density at radius 3 is 2.32 bits per heavy atom. The van der Waals surface area contributed by atoms with Crippen molar-refractivity contribution in [3.05, 3.63) is 24.0 Å². The van der Waals surface area contributed by atoms with E-state index in [9.17, 15) is 4.79 Å². The molecule has 1 aromatic heterocycles. The molecule has 1 heterocycles. The zero-order chi connectivity index (χ0) is 15.1. The maximum absolute atomic E-state index is 10.4. The Labute approximate surface area is 117 Å². The molecule has 0 amide bonds. The van der Waals surface area contributed by atoms with Crippen LogP contribution in [0.5, 0.6) is 0 Å². The summed E-state index contributed by atoms with van der Waals surface area (Å²) in [5.41, 5.74) is 1.12. The largest absolute Gasteiger partial charge is 0.480 e. The van der Waals surface area contributed by atoms with Gasteiger partial charge in [-0.2, -0.15) is 0 Å². The van der Waals surface area contributed by atoms with Crippen molar-refractivity contribution < 1.29 is 15.0 Å². The minimum Gasteiger partial charge on any atom is -0.480 e. The van der Waals surface area contributed by atoms with Gasteiger partial charge in [-0.05, 0) is 30.9 Å². The lowest BCUT2D eigenvalue weighted by molar-refractivity contribution is -0.137. The van der Waals surface area contributed by atoms with Crippen molar-refractivity contribution >= 4 is 5.97 Å². The SMILES string of the molecule is CC.CCC.O=C(O)Cn1ccc(CCCCO)c1. The van der Waals surface area contributed by atoms with Crippen LogP contribution in [-0.2, 0) is 17.8 Å². The Morgan fingerprint density at radius 2 is 1.84 bits per heavy atom. The fraction of sp³-hybridized carbons (Fsp3) is 0.667. The van der Waals surface area contributed by atoms with E-state index in [0.29, 0.717) is 0 Å². The van der Waals surface area contributed by atoms with Crippen molar-refractivity contribution in [3.63, 3.8) is 0 Å². The number of aliphatic hydroxyl groups is 1. The van der Waals surface area contributed by atoms with Crippen LogP contribution in [0.4, 0.5) is 0 Å². The maximum atomic E-state index is 10.4. The molecule has 0 radical (unpaired) electrons. The minimum atomic E-state index is -0.831. The summed E-state index contributed by atoms with van der Waals surface area (Å²) in [6, 6.07) is 1.92. The second-order valence-corrected chi connectivity index (χ2v) is 3.97. The molecule has 0 aliphatic carbocycles. The predicted octanol–water partition coefficient (Wildman–Crippen LogP) is 3.33. The number of hydrogen-bond donors (Lipinski definition) is 2. The number of carbonyl (C=O) groups is 1. The highest BCUT2D eigenvalue weighted by molar-refractivity contribution is 5.66.